The van der Waals surface area contributed by atoms with Crippen LogP contribution < -0.4 is 9.47 Å². The van der Waals surface area contributed by atoms with Crippen molar-refractivity contribution in [1.82, 2.24) is 14.8 Å². The number of ether oxygens (including phenoxy) is 2. The molecule has 0 aliphatic carbocycles. The van der Waals surface area contributed by atoms with E-state index in [-0.39, 0.29) is 24.4 Å². The molecule has 1 atom stereocenters. The summed E-state index contributed by atoms with van der Waals surface area (Å²) >= 11 is 0. The van der Waals surface area contributed by atoms with E-state index in [1.54, 1.807) is 19.2 Å². The lowest BCUT2D eigenvalue weighted by Gasteiger charge is -2.42. The molecular formula is C25H28F3N3O4. The largest absolute Gasteiger partial charge is 0.496 e. The van der Waals surface area contributed by atoms with Crippen molar-refractivity contribution in [1.29, 1.82) is 0 Å². The molecule has 0 radical (unpaired) electrons. The topological polar surface area (TPSA) is 78.0 Å². The Morgan fingerprint density at radius 3 is 2.54 bits per heavy atom. The fraction of sp³-hybridized carbons (Fsp3) is 0.400. The van der Waals surface area contributed by atoms with Crippen LogP contribution in [0, 0.1) is 6.92 Å². The number of H-pyrrole nitrogens is 1. The van der Waals surface area contributed by atoms with Crippen LogP contribution in [-0.2, 0) is 6.54 Å². The maximum absolute atomic E-state index is 13.2. The van der Waals surface area contributed by atoms with Gasteiger partial charge in [0, 0.05) is 54.9 Å². The van der Waals surface area contributed by atoms with Crippen molar-refractivity contribution in [2.45, 2.75) is 25.7 Å². The van der Waals surface area contributed by atoms with Gasteiger partial charge in [-0.15, -0.1) is 0 Å². The van der Waals surface area contributed by atoms with Crippen LogP contribution in [0.2, 0.25) is 0 Å². The van der Waals surface area contributed by atoms with Gasteiger partial charge >= 0.3 is 12.1 Å². The Morgan fingerprint density at radius 2 is 1.89 bits per heavy atom. The molecule has 7 nitrogen and oxygen atoms in total. The Morgan fingerprint density at radius 1 is 1.14 bits per heavy atom. The van der Waals surface area contributed by atoms with Crippen molar-refractivity contribution in [3.63, 3.8) is 0 Å². The summed E-state index contributed by atoms with van der Waals surface area (Å²) in [5.74, 6) is -0.249. The second-order valence-corrected chi connectivity index (χ2v) is 8.74. The Hall–Kier alpha value is -3.24. The van der Waals surface area contributed by atoms with Gasteiger partial charge in [0.25, 0.3) is 0 Å². The van der Waals surface area contributed by atoms with E-state index in [4.69, 9.17) is 9.47 Å². The zero-order valence-electron chi connectivity index (χ0n) is 19.8. The zero-order chi connectivity index (χ0) is 25.3. The fourth-order valence-electron chi connectivity index (χ4n) is 4.86. The summed E-state index contributed by atoms with van der Waals surface area (Å²) < 4.78 is 50.5. The molecule has 0 saturated carbocycles. The molecule has 4 rings (SSSR count). The van der Waals surface area contributed by atoms with Crippen LogP contribution in [0.3, 0.4) is 0 Å². The van der Waals surface area contributed by atoms with E-state index in [9.17, 15) is 23.1 Å². The third-order valence-electron chi connectivity index (χ3n) is 6.51. The molecule has 1 saturated heterocycles. The molecule has 1 aromatic heterocycles. The summed E-state index contributed by atoms with van der Waals surface area (Å²) in [5, 5.41) is 10.4. The number of aromatic carboxylic acids is 1. The number of benzene rings is 2. The van der Waals surface area contributed by atoms with E-state index >= 15 is 0 Å². The Labute approximate surface area is 201 Å². The maximum Gasteiger partial charge on any atom is 0.401 e. The van der Waals surface area contributed by atoms with Crippen LogP contribution >= 0.6 is 0 Å². The number of aromatic amines is 1. The molecule has 2 N–H and O–H groups in total. The highest BCUT2D eigenvalue weighted by Gasteiger charge is 2.36. The van der Waals surface area contributed by atoms with Crippen molar-refractivity contribution < 1.29 is 32.5 Å². The average molecular weight is 492 g/mol. The number of nitrogens with zero attached hydrogens (tertiary/aromatic N) is 2. The number of rotatable bonds is 7. The van der Waals surface area contributed by atoms with Gasteiger partial charge in [-0.25, -0.2) is 4.79 Å². The van der Waals surface area contributed by atoms with Crippen molar-refractivity contribution >= 4 is 16.9 Å². The van der Waals surface area contributed by atoms with Gasteiger partial charge in [-0.1, -0.05) is 6.07 Å². The highest BCUT2D eigenvalue weighted by molar-refractivity contribution is 5.91. The van der Waals surface area contributed by atoms with Crippen LogP contribution in [0.25, 0.3) is 10.9 Å². The van der Waals surface area contributed by atoms with E-state index < -0.39 is 24.7 Å². The second-order valence-electron chi connectivity index (χ2n) is 8.74. The zero-order valence-corrected chi connectivity index (χ0v) is 19.8. The molecular weight excluding hydrogens is 463 g/mol. The lowest BCUT2D eigenvalue weighted by molar-refractivity contribution is -0.152. The monoisotopic (exact) mass is 491 g/mol. The van der Waals surface area contributed by atoms with Crippen LogP contribution in [0.4, 0.5) is 13.2 Å². The molecule has 2 aromatic carbocycles. The van der Waals surface area contributed by atoms with E-state index in [2.05, 4.69) is 9.88 Å². The van der Waals surface area contributed by atoms with E-state index in [0.29, 0.717) is 24.4 Å². The first-order valence-corrected chi connectivity index (χ1v) is 11.2. The van der Waals surface area contributed by atoms with Gasteiger partial charge < -0.3 is 19.6 Å². The number of carboxylic acid groups (broad SMARTS) is 1. The summed E-state index contributed by atoms with van der Waals surface area (Å²) in [7, 11) is 2.98. The van der Waals surface area contributed by atoms with E-state index in [1.807, 2.05) is 25.3 Å². The average Bonchev–Trinajstić information content (AvgIpc) is 3.30. The molecule has 10 heteroatoms. The summed E-state index contributed by atoms with van der Waals surface area (Å²) in [6, 6.07) is 8.21. The van der Waals surface area contributed by atoms with Gasteiger partial charge in [0.2, 0.25) is 0 Å². The molecule has 3 aromatic rings. The number of aryl methyl sites for hydroxylation is 1. The number of fused-ring (bicyclic) bond motifs is 1. The molecule has 1 unspecified atom stereocenters. The third-order valence-corrected chi connectivity index (χ3v) is 6.51. The second kappa shape index (κ2) is 9.79. The van der Waals surface area contributed by atoms with Crippen molar-refractivity contribution in [2.24, 2.45) is 0 Å². The molecule has 188 valence electrons. The van der Waals surface area contributed by atoms with Crippen molar-refractivity contribution in [2.75, 3.05) is 40.4 Å². The van der Waals surface area contributed by atoms with Crippen molar-refractivity contribution in [3.8, 4) is 11.5 Å². The molecule has 0 amide bonds. The SMILES string of the molecule is COc1cc(C2CN(CC(F)(F)F)CCN2Cc2c(OC)cc(C)c3[nH]ccc23)ccc1C(=O)O. The molecule has 1 aliphatic heterocycles. The third kappa shape index (κ3) is 5.23. The fourth-order valence-corrected chi connectivity index (χ4v) is 4.86. The quantitative estimate of drug-likeness (QED) is 0.503. The Balaban J connectivity index is 1.73. The number of halogens is 3. The normalized spacial score (nSPS) is 17.6. The molecule has 0 bridgehead atoms. The first-order chi connectivity index (χ1) is 16.6. The number of aromatic nitrogens is 1. The van der Waals surface area contributed by atoms with E-state index in [1.165, 1.54) is 18.1 Å². The lowest BCUT2D eigenvalue weighted by atomic mass is 9.97. The van der Waals surface area contributed by atoms with Gasteiger partial charge in [0.15, 0.2) is 0 Å². The van der Waals surface area contributed by atoms with E-state index in [0.717, 1.165) is 22.0 Å². The number of piperazine rings is 1. The summed E-state index contributed by atoms with van der Waals surface area (Å²) in [6.45, 7) is 2.22. The molecule has 0 spiro atoms. The number of hydrogen-bond acceptors (Lipinski definition) is 5. The number of alkyl halides is 3. The minimum atomic E-state index is -4.31. The van der Waals surface area contributed by atoms with Gasteiger partial charge in [0.1, 0.15) is 17.1 Å². The van der Waals surface area contributed by atoms with Crippen LogP contribution in [-0.4, -0.2) is 72.4 Å². The Bertz CT molecular complexity index is 1220. The minimum Gasteiger partial charge on any atom is -0.496 e. The summed E-state index contributed by atoms with van der Waals surface area (Å²) in [6.07, 6.45) is -2.45. The smallest absolute Gasteiger partial charge is 0.401 e. The molecule has 1 aliphatic rings. The van der Waals surface area contributed by atoms with Crippen molar-refractivity contribution in [3.05, 3.63) is 58.8 Å². The Kier molecular flexibility index (Phi) is 6.95. The summed E-state index contributed by atoms with van der Waals surface area (Å²) in [5.41, 5.74) is 3.65. The first kappa shape index (κ1) is 24.9. The predicted octanol–water partition coefficient (Wildman–Crippen LogP) is 4.61. The number of carboxylic acids is 1. The lowest BCUT2D eigenvalue weighted by Crippen LogP contribution is -2.50. The molecule has 2 heterocycles. The van der Waals surface area contributed by atoms with Crippen LogP contribution in [0.5, 0.6) is 11.5 Å². The molecule has 1 fully saturated rings. The van der Waals surface area contributed by atoms with Gasteiger partial charge in [-0.05, 0) is 42.3 Å². The summed E-state index contributed by atoms with van der Waals surface area (Å²) in [4.78, 5) is 18.3. The first-order valence-electron chi connectivity index (χ1n) is 11.2. The maximum atomic E-state index is 13.2. The highest BCUT2D eigenvalue weighted by Crippen LogP contribution is 2.36. The highest BCUT2D eigenvalue weighted by atomic mass is 19.4. The van der Waals surface area contributed by atoms with Crippen LogP contribution in [0.15, 0.2) is 36.5 Å². The van der Waals surface area contributed by atoms with Gasteiger partial charge in [0.05, 0.1) is 20.8 Å². The number of carbonyl (C=O) groups is 1. The molecule has 35 heavy (non-hydrogen) atoms. The van der Waals surface area contributed by atoms with Crippen LogP contribution in [0.1, 0.15) is 33.1 Å². The number of nitrogens with one attached hydrogen (secondary N) is 1. The standard InChI is InChI=1S/C25H28F3N3O4/c1-15-10-21(34-2)19(17-6-7-29-23(15)17)12-31-9-8-30(14-25(26,27)28)13-20(31)16-4-5-18(24(32)33)22(11-16)35-3/h4-7,10-11,20,29H,8-9,12-14H2,1-3H3,(H,32,33). The predicted molar refractivity (Wildman–Crippen MR) is 125 cm³/mol. The number of hydrogen-bond donors (Lipinski definition) is 2. The minimum absolute atomic E-state index is 0.00000729. The number of methoxy groups -OCH3 is 2. The van der Waals surface area contributed by atoms with Gasteiger partial charge in [-0.2, -0.15) is 13.2 Å². The van der Waals surface area contributed by atoms with Gasteiger partial charge in [-0.3, -0.25) is 9.80 Å².